The van der Waals surface area contributed by atoms with Gasteiger partial charge < -0.3 is 15.3 Å². The Balaban J connectivity index is 1.78. The highest BCUT2D eigenvalue weighted by Crippen LogP contribution is 2.81. The van der Waals surface area contributed by atoms with Crippen molar-refractivity contribution in [1.29, 1.82) is 0 Å². The van der Waals surface area contributed by atoms with Crippen LogP contribution < -0.4 is 0 Å². The van der Waals surface area contributed by atoms with Gasteiger partial charge in [0.1, 0.15) is 5.60 Å². The predicted octanol–water partition coefficient (Wildman–Crippen LogP) is 2.48. The Morgan fingerprint density at radius 2 is 1.91 bits per heavy atom. The molecule has 4 aliphatic rings. The van der Waals surface area contributed by atoms with E-state index in [2.05, 4.69) is 20.8 Å². The topological polar surface area (TPSA) is 60.7 Å². The first-order valence-electron chi connectivity index (χ1n) is 8.71. The van der Waals surface area contributed by atoms with Gasteiger partial charge in [-0.1, -0.05) is 34.8 Å². The fourth-order valence-electron chi connectivity index (χ4n) is 6.06. The van der Waals surface area contributed by atoms with Crippen LogP contribution in [-0.4, -0.2) is 49.6 Å². The predicted molar refractivity (Wildman–Crippen MR) is 89.3 cm³/mol. The highest BCUT2D eigenvalue weighted by atomic mass is 31.1. The molecule has 1 saturated carbocycles. The standard InChI is InChI=1S/C18H29O3P/c1-10-7-12-11(5-6-22-15(12)16(22,2)3)13-8-17(4,20)9-18(13,21)14(10)19/h8,10-12,14-15,19-21H,5-7,9H2,1-4H3/t10-,11?,12?,14?,15?,17+,18?,22?/m0/s1. The number of aliphatic hydroxyl groups is 3. The molecule has 3 nitrogen and oxygen atoms in total. The molecule has 2 saturated heterocycles. The monoisotopic (exact) mass is 324 g/mol. The molecule has 4 heteroatoms. The summed E-state index contributed by atoms with van der Waals surface area (Å²) >= 11 is 0. The molecule has 0 aromatic rings. The molecule has 2 aliphatic carbocycles. The van der Waals surface area contributed by atoms with Crippen molar-refractivity contribution in [1.82, 2.24) is 0 Å². The van der Waals surface area contributed by atoms with Gasteiger partial charge in [0.25, 0.3) is 0 Å². The lowest BCUT2D eigenvalue weighted by atomic mass is 9.75. The van der Waals surface area contributed by atoms with E-state index in [1.807, 2.05) is 6.08 Å². The van der Waals surface area contributed by atoms with Crippen molar-refractivity contribution in [3.63, 3.8) is 0 Å². The minimum atomic E-state index is -1.22. The van der Waals surface area contributed by atoms with E-state index in [0.29, 0.717) is 17.0 Å². The summed E-state index contributed by atoms with van der Waals surface area (Å²) in [5.41, 5.74) is -0.476. The van der Waals surface area contributed by atoms with Crippen molar-refractivity contribution in [3.8, 4) is 0 Å². The SMILES string of the molecule is C[C@H]1CC2C(CCP3C2C3(C)C)C2=C[C@@](C)(O)CC2(O)C1O. The first-order valence-corrected chi connectivity index (χ1v) is 10.3. The Labute approximate surface area is 134 Å². The highest BCUT2D eigenvalue weighted by molar-refractivity contribution is 7.68. The Morgan fingerprint density at radius 1 is 1.23 bits per heavy atom. The minimum Gasteiger partial charge on any atom is -0.389 e. The van der Waals surface area contributed by atoms with Gasteiger partial charge in [0.05, 0.1) is 11.7 Å². The lowest BCUT2D eigenvalue weighted by molar-refractivity contribution is -0.0918. The summed E-state index contributed by atoms with van der Waals surface area (Å²) in [6.07, 6.45) is 4.79. The van der Waals surface area contributed by atoms with Gasteiger partial charge in [-0.3, -0.25) is 0 Å². The molecule has 124 valence electrons. The molecule has 8 atom stereocenters. The van der Waals surface area contributed by atoms with Crippen LogP contribution in [0.5, 0.6) is 0 Å². The Bertz CT molecular complexity index is 540. The molecule has 2 heterocycles. The molecule has 2 aliphatic heterocycles. The molecule has 3 N–H and O–H groups in total. The minimum absolute atomic E-state index is 0.0867. The maximum absolute atomic E-state index is 11.3. The van der Waals surface area contributed by atoms with E-state index >= 15 is 0 Å². The Hall–Kier alpha value is 0.0500. The van der Waals surface area contributed by atoms with Crippen LogP contribution in [0.4, 0.5) is 0 Å². The molecule has 22 heavy (non-hydrogen) atoms. The van der Waals surface area contributed by atoms with E-state index in [1.54, 1.807) is 6.92 Å². The quantitative estimate of drug-likeness (QED) is 0.474. The van der Waals surface area contributed by atoms with Gasteiger partial charge in [0, 0.05) is 6.42 Å². The summed E-state index contributed by atoms with van der Waals surface area (Å²) in [6, 6.07) is 0. The number of fused-ring (bicyclic) bond motifs is 5. The van der Waals surface area contributed by atoms with Crippen molar-refractivity contribution >= 4 is 7.92 Å². The third kappa shape index (κ3) is 1.89. The first-order chi connectivity index (χ1) is 10.1. The van der Waals surface area contributed by atoms with Gasteiger partial charge in [-0.15, -0.1) is 0 Å². The summed E-state index contributed by atoms with van der Waals surface area (Å²) in [6.45, 7) is 8.64. The van der Waals surface area contributed by atoms with Crippen molar-refractivity contribution in [2.24, 2.45) is 17.8 Å². The fourth-order valence-corrected chi connectivity index (χ4v) is 9.90. The van der Waals surface area contributed by atoms with E-state index in [9.17, 15) is 15.3 Å². The second-order valence-corrected chi connectivity index (χ2v) is 12.2. The van der Waals surface area contributed by atoms with E-state index < -0.39 is 17.3 Å². The maximum atomic E-state index is 11.3. The van der Waals surface area contributed by atoms with Crippen LogP contribution in [0.2, 0.25) is 0 Å². The summed E-state index contributed by atoms with van der Waals surface area (Å²) in [4.78, 5) is 0. The highest BCUT2D eigenvalue weighted by Gasteiger charge is 2.67. The normalized spacial score (nSPS) is 59.0. The zero-order chi connectivity index (χ0) is 16.1. The van der Waals surface area contributed by atoms with E-state index in [0.717, 1.165) is 24.1 Å². The Kier molecular flexibility index (Phi) is 3.09. The van der Waals surface area contributed by atoms with Crippen LogP contribution in [0.1, 0.15) is 47.0 Å². The van der Waals surface area contributed by atoms with Crippen LogP contribution in [0.3, 0.4) is 0 Å². The van der Waals surface area contributed by atoms with Crippen LogP contribution in [0.15, 0.2) is 11.6 Å². The van der Waals surface area contributed by atoms with Crippen LogP contribution >= 0.6 is 7.92 Å². The molecule has 0 aromatic carbocycles. The molecule has 0 spiro atoms. The van der Waals surface area contributed by atoms with Gasteiger partial charge in [0.15, 0.2) is 0 Å². The molecule has 0 radical (unpaired) electrons. The van der Waals surface area contributed by atoms with Gasteiger partial charge >= 0.3 is 0 Å². The molecule has 0 amide bonds. The third-order valence-corrected chi connectivity index (χ3v) is 10.9. The van der Waals surface area contributed by atoms with E-state index in [-0.39, 0.29) is 20.3 Å². The average molecular weight is 324 g/mol. The first kappa shape index (κ1) is 15.6. The molecular formula is C18H29O3P. The summed E-state index contributed by atoms with van der Waals surface area (Å²) in [5, 5.41) is 33.0. The summed E-state index contributed by atoms with van der Waals surface area (Å²) in [5.74, 6) is 1.02. The average Bonchev–Trinajstić information content (AvgIpc) is 2.87. The molecule has 0 aromatic heterocycles. The lowest BCUT2D eigenvalue weighted by Crippen LogP contribution is -2.47. The number of hydrogen-bond acceptors (Lipinski definition) is 3. The fraction of sp³-hybridized carbons (Fsp3) is 0.889. The summed E-state index contributed by atoms with van der Waals surface area (Å²) < 4.78 is 0. The van der Waals surface area contributed by atoms with Gasteiger partial charge in [-0.05, 0) is 60.1 Å². The number of aliphatic hydroxyl groups excluding tert-OH is 1. The van der Waals surface area contributed by atoms with Crippen LogP contribution in [0.25, 0.3) is 0 Å². The zero-order valence-electron chi connectivity index (χ0n) is 14.1. The van der Waals surface area contributed by atoms with E-state index in [1.165, 1.54) is 6.16 Å². The smallest absolute Gasteiger partial charge is 0.115 e. The maximum Gasteiger partial charge on any atom is 0.115 e. The van der Waals surface area contributed by atoms with Gasteiger partial charge in [0.2, 0.25) is 0 Å². The Morgan fingerprint density at radius 3 is 2.59 bits per heavy atom. The second-order valence-electron chi connectivity index (χ2n) is 9.07. The molecule has 4 rings (SSSR count). The number of hydrogen-bond donors (Lipinski definition) is 3. The van der Waals surface area contributed by atoms with E-state index in [4.69, 9.17) is 0 Å². The van der Waals surface area contributed by atoms with Crippen LogP contribution in [-0.2, 0) is 0 Å². The molecule has 6 unspecified atom stereocenters. The zero-order valence-corrected chi connectivity index (χ0v) is 15.0. The summed E-state index contributed by atoms with van der Waals surface area (Å²) in [7, 11) is 0.132. The van der Waals surface area contributed by atoms with Crippen LogP contribution in [0, 0.1) is 17.8 Å². The molecule has 0 bridgehead atoms. The third-order valence-electron chi connectivity index (χ3n) is 7.00. The van der Waals surface area contributed by atoms with Gasteiger partial charge in [-0.2, -0.15) is 0 Å². The number of rotatable bonds is 0. The molecule has 3 fully saturated rings. The van der Waals surface area contributed by atoms with Crippen molar-refractivity contribution < 1.29 is 15.3 Å². The van der Waals surface area contributed by atoms with Crippen molar-refractivity contribution in [2.75, 3.05) is 6.16 Å². The largest absolute Gasteiger partial charge is 0.389 e. The van der Waals surface area contributed by atoms with Gasteiger partial charge in [-0.25, -0.2) is 0 Å². The van der Waals surface area contributed by atoms with Crippen molar-refractivity contribution in [2.45, 2.75) is 75.1 Å². The lowest BCUT2D eigenvalue weighted by Gasteiger charge is -2.37. The van der Waals surface area contributed by atoms with Crippen molar-refractivity contribution in [3.05, 3.63) is 11.6 Å². The second kappa shape index (κ2) is 4.36. The molecular weight excluding hydrogens is 295 g/mol.